The van der Waals surface area contributed by atoms with Crippen LogP contribution >= 0.6 is 63.7 Å². The molecule has 0 unspecified atom stereocenters. The molecule has 0 aliphatic rings. The van der Waals surface area contributed by atoms with Crippen molar-refractivity contribution in [2.75, 3.05) is 0 Å². The van der Waals surface area contributed by atoms with Gasteiger partial charge in [-0.15, -0.1) is 0 Å². The maximum absolute atomic E-state index is 3.70. The zero-order valence-electron chi connectivity index (χ0n) is 10.1. The van der Waals surface area contributed by atoms with Crippen LogP contribution in [0.5, 0.6) is 0 Å². The Hall–Kier alpha value is 1.96. The van der Waals surface area contributed by atoms with Crippen LogP contribution in [0.2, 0.25) is 2.45 Å². The first-order valence-electron chi connectivity index (χ1n) is 5.95. The number of benzene rings is 2. The fourth-order valence-electron chi connectivity index (χ4n) is 1.95. The van der Waals surface area contributed by atoms with E-state index in [1.807, 2.05) is 0 Å². The summed E-state index contributed by atoms with van der Waals surface area (Å²) in [5.41, 5.74) is 0. The summed E-state index contributed by atoms with van der Waals surface area (Å²) in [5.74, 6) is 0. The molecule has 0 radical (unpaired) electrons. The van der Waals surface area contributed by atoms with E-state index in [-0.39, 0.29) is 0 Å². The molecule has 0 aliphatic heterocycles. The van der Waals surface area contributed by atoms with Gasteiger partial charge in [0.1, 0.15) is 0 Å². The van der Waals surface area contributed by atoms with Crippen molar-refractivity contribution in [1.29, 1.82) is 0 Å². The molecule has 19 heavy (non-hydrogen) atoms. The van der Waals surface area contributed by atoms with E-state index in [1.165, 1.54) is 17.9 Å². The Bertz CT molecular complexity index is 535. The molecule has 0 atom stereocenters. The van der Waals surface area contributed by atoms with Crippen molar-refractivity contribution < 1.29 is 0 Å². The van der Waals surface area contributed by atoms with Gasteiger partial charge in [-0.1, -0.05) is 0 Å². The number of halogens is 4. The number of hydrogen-bond acceptors (Lipinski definition) is 0. The summed E-state index contributed by atoms with van der Waals surface area (Å²) in [6.45, 7) is 0. The first-order chi connectivity index (χ1) is 9.09. The third-order valence-corrected chi connectivity index (χ3v) is 32.2. The van der Waals surface area contributed by atoms with Crippen LogP contribution in [-0.2, 0) is 0 Å². The molecule has 0 heterocycles. The third kappa shape index (κ3) is 4.98. The Morgan fingerprint density at radius 1 is 0.684 bits per heavy atom. The predicted molar refractivity (Wildman–Crippen MR) is 105 cm³/mol. The van der Waals surface area contributed by atoms with Crippen molar-refractivity contribution in [3.63, 3.8) is 0 Å². The summed E-state index contributed by atoms with van der Waals surface area (Å²) >= 11 is 12.9. The van der Waals surface area contributed by atoms with Crippen molar-refractivity contribution in [2.24, 2.45) is 0 Å². The summed E-state index contributed by atoms with van der Waals surface area (Å²) in [5, 5.41) is 0. The molecule has 2 rings (SSSR count). The predicted octanol–water partition coefficient (Wildman–Crippen LogP) is 3.40. The van der Waals surface area contributed by atoms with E-state index in [0.717, 1.165) is 0 Å². The molecule has 0 aliphatic carbocycles. The molecule has 2 aromatic rings. The Labute approximate surface area is 167 Å². The van der Waals surface area contributed by atoms with E-state index < -0.39 is 42.3 Å². The van der Waals surface area contributed by atoms with E-state index in [2.05, 4.69) is 100 Å². The van der Waals surface area contributed by atoms with Crippen LogP contribution in [0.3, 0.4) is 0 Å². The van der Waals surface area contributed by atoms with E-state index in [4.69, 9.17) is 0 Å². The molecule has 0 aromatic heterocycles. The van der Waals surface area contributed by atoms with Gasteiger partial charge in [0.15, 0.2) is 0 Å². The molecule has 0 fully saturated rings. The second-order valence-electron chi connectivity index (χ2n) is 4.28. The van der Waals surface area contributed by atoms with Gasteiger partial charge in [-0.05, 0) is 0 Å². The molecular formula is C13H12Br4Sn2. The van der Waals surface area contributed by atoms with E-state index in [0.29, 0.717) is 0 Å². The molecule has 2 aromatic carbocycles. The van der Waals surface area contributed by atoms with Gasteiger partial charge in [0.25, 0.3) is 0 Å². The van der Waals surface area contributed by atoms with Crippen LogP contribution in [0, 0.1) is 0 Å². The number of rotatable bonds is 4. The molecule has 100 valence electrons. The van der Waals surface area contributed by atoms with E-state index in [9.17, 15) is 0 Å². The van der Waals surface area contributed by atoms with Gasteiger partial charge < -0.3 is 0 Å². The summed E-state index contributed by atoms with van der Waals surface area (Å²) in [6, 6.07) is 13.1. The summed E-state index contributed by atoms with van der Waals surface area (Å²) < 4.78 is 9.75. The maximum atomic E-state index is 3.70. The quantitative estimate of drug-likeness (QED) is 0.425. The Balaban J connectivity index is 2.00. The second kappa shape index (κ2) is 8.55. The molecule has 0 amide bonds. The summed E-state index contributed by atoms with van der Waals surface area (Å²) in [4.78, 5) is 0. The molecule has 0 nitrogen and oxygen atoms in total. The topological polar surface area (TPSA) is 0 Å². The fraction of sp³-hybridized carbons (Fsp3) is 0.0769. The Morgan fingerprint density at radius 3 is 1.53 bits per heavy atom. The first-order valence-corrected chi connectivity index (χ1v) is 18.9. The SMILES string of the molecule is Brc1ccc[c]([SnH2][CH2][SnH2][c]2cccc(Br)c2Br)c1Br. The van der Waals surface area contributed by atoms with Crippen molar-refractivity contribution in [3.05, 3.63) is 54.3 Å². The molecule has 0 bridgehead atoms. The van der Waals surface area contributed by atoms with Crippen molar-refractivity contribution >= 4 is 113 Å². The van der Waals surface area contributed by atoms with Crippen LogP contribution in [0.4, 0.5) is 0 Å². The van der Waals surface area contributed by atoms with Crippen molar-refractivity contribution in [1.82, 2.24) is 0 Å². The van der Waals surface area contributed by atoms with Crippen molar-refractivity contribution in [2.45, 2.75) is 2.45 Å². The number of hydrogen-bond donors (Lipinski definition) is 0. The molecular weight excluding hydrogens is 713 g/mol. The van der Waals surface area contributed by atoms with Crippen LogP contribution in [-0.4, -0.2) is 42.3 Å². The third-order valence-electron chi connectivity index (χ3n) is 2.96. The average molecular weight is 725 g/mol. The van der Waals surface area contributed by atoms with Crippen LogP contribution in [0.15, 0.2) is 54.3 Å². The second-order valence-corrected chi connectivity index (χ2v) is 30.3. The normalized spacial score (nSPS) is 12.0. The minimum atomic E-state index is -0.827. The van der Waals surface area contributed by atoms with Gasteiger partial charge in [0, 0.05) is 0 Å². The van der Waals surface area contributed by atoms with Crippen LogP contribution in [0.1, 0.15) is 0 Å². The van der Waals surface area contributed by atoms with Gasteiger partial charge in [-0.2, -0.15) is 0 Å². The van der Waals surface area contributed by atoms with E-state index in [1.54, 1.807) is 9.61 Å². The van der Waals surface area contributed by atoms with Gasteiger partial charge in [0.2, 0.25) is 0 Å². The molecule has 0 saturated heterocycles. The van der Waals surface area contributed by atoms with E-state index >= 15 is 0 Å². The zero-order chi connectivity index (χ0) is 13.8. The molecule has 0 saturated carbocycles. The first kappa shape index (κ1) is 17.3. The molecule has 0 N–H and O–H groups in total. The molecule has 0 spiro atoms. The Kier molecular flexibility index (Phi) is 7.79. The fourth-order valence-corrected chi connectivity index (χ4v) is 32.1. The monoisotopic (exact) mass is 724 g/mol. The van der Waals surface area contributed by atoms with Crippen LogP contribution in [0.25, 0.3) is 0 Å². The van der Waals surface area contributed by atoms with Gasteiger partial charge in [0.05, 0.1) is 0 Å². The van der Waals surface area contributed by atoms with Gasteiger partial charge >= 0.3 is 170 Å². The summed E-state index contributed by atoms with van der Waals surface area (Å²) in [7, 11) is 0. The average Bonchev–Trinajstić information content (AvgIpc) is 2.39. The molecule has 6 heteroatoms. The van der Waals surface area contributed by atoms with Crippen LogP contribution < -0.4 is 7.16 Å². The Morgan fingerprint density at radius 2 is 1.11 bits per heavy atom. The standard InChI is InChI=1S/2C6H3Br2.CH2.2Sn.4H/c2*7-5-3-1-2-4-6(5)8;;;;;;;/h2*1-3H;1H2;;;;;;. The van der Waals surface area contributed by atoms with Crippen molar-refractivity contribution in [3.8, 4) is 0 Å². The van der Waals surface area contributed by atoms with Gasteiger partial charge in [-0.3, -0.25) is 0 Å². The van der Waals surface area contributed by atoms with Gasteiger partial charge in [-0.25, -0.2) is 0 Å². The zero-order valence-corrected chi connectivity index (χ0v) is 24.5. The minimum absolute atomic E-state index is 0.827. The summed E-state index contributed by atoms with van der Waals surface area (Å²) in [6.07, 6.45) is 0.